The standard InChI is InChI=1S/C21H13ClFN5O/c22-17-4-2-1-3-14(17)12-27-10-9-18-19(21(27)29)25-26-20-16(11-24-28(18)20)13-5-7-15(23)8-6-13/h1-11H,12H2. The van der Waals surface area contributed by atoms with E-state index in [0.717, 1.165) is 11.1 Å². The third kappa shape index (κ3) is 2.96. The lowest BCUT2D eigenvalue weighted by Crippen LogP contribution is -2.22. The van der Waals surface area contributed by atoms with Gasteiger partial charge < -0.3 is 4.57 Å². The van der Waals surface area contributed by atoms with E-state index in [2.05, 4.69) is 15.3 Å². The molecular weight excluding hydrogens is 393 g/mol. The fraction of sp³-hybridized carbons (Fsp3) is 0.0476. The van der Waals surface area contributed by atoms with Gasteiger partial charge in [-0.1, -0.05) is 41.9 Å². The highest BCUT2D eigenvalue weighted by atomic mass is 35.5. The van der Waals surface area contributed by atoms with E-state index in [0.29, 0.717) is 28.3 Å². The molecule has 0 aliphatic carbocycles. The molecule has 0 N–H and O–H groups in total. The highest BCUT2D eigenvalue weighted by Crippen LogP contribution is 2.24. The monoisotopic (exact) mass is 405 g/mol. The Morgan fingerprint density at radius 1 is 1.00 bits per heavy atom. The summed E-state index contributed by atoms with van der Waals surface area (Å²) in [5, 5.41) is 13.3. The predicted octanol–water partition coefficient (Wildman–Crippen LogP) is 3.95. The Hall–Kier alpha value is -3.58. The minimum atomic E-state index is -0.319. The molecule has 3 heterocycles. The van der Waals surface area contributed by atoms with Gasteiger partial charge in [-0.15, -0.1) is 10.2 Å². The molecule has 0 unspecified atom stereocenters. The Bertz CT molecular complexity index is 1430. The van der Waals surface area contributed by atoms with Crippen LogP contribution in [0.3, 0.4) is 0 Å². The van der Waals surface area contributed by atoms with Gasteiger partial charge >= 0.3 is 0 Å². The first-order valence-electron chi connectivity index (χ1n) is 8.85. The lowest BCUT2D eigenvalue weighted by Gasteiger charge is -2.09. The zero-order valence-corrected chi connectivity index (χ0v) is 15.7. The van der Waals surface area contributed by atoms with E-state index in [1.807, 2.05) is 18.2 Å². The van der Waals surface area contributed by atoms with E-state index in [4.69, 9.17) is 11.6 Å². The Labute approximate surface area is 168 Å². The number of aromatic nitrogens is 5. The van der Waals surface area contributed by atoms with E-state index in [1.165, 1.54) is 16.7 Å². The van der Waals surface area contributed by atoms with Crippen molar-refractivity contribution in [3.05, 3.63) is 93.7 Å². The van der Waals surface area contributed by atoms with E-state index in [9.17, 15) is 9.18 Å². The van der Waals surface area contributed by atoms with Gasteiger partial charge in [-0.2, -0.15) is 5.10 Å². The lowest BCUT2D eigenvalue weighted by molar-refractivity contribution is 0.628. The summed E-state index contributed by atoms with van der Waals surface area (Å²) in [5.74, 6) is -0.319. The van der Waals surface area contributed by atoms with Gasteiger partial charge in [0.15, 0.2) is 11.2 Å². The van der Waals surface area contributed by atoms with Crippen LogP contribution in [0, 0.1) is 5.82 Å². The molecule has 0 aliphatic rings. The van der Waals surface area contributed by atoms with Crippen LogP contribution in [0.15, 0.2) is 71.8 Å². The molecule has 2 aromatic carbocycles. The van der Waals surface area contributed by atoms with Crippen molar-refractivity contribution in [1.29, 1.82) is 0 Å². The first kappa shape index (κ1) is 17.5. The highest BCUT2D eigenvalue weighted by Gasteiger charge is 2.14. The molecule has 0 fully saturated rings. The van der Waals surface area contributed by atoms with Crippen LogP contribution in [-0.2, 0) is 6.54 Å². The molecule has 0 bridgehead atoms. The number of hydrogen-bond donors (Lipinski definition) is 0. The van der Waals surface area contributed by atoms with Crippen LogP contribution in [-0.4, -0.2) is 24.4 Å². The molecular formula is C21H13ClFN5O. The molecule has 0 radical (unpaired) electrons. The first-order valence-corrected chi connectivity index (χ1v) is 9.22. The Morgan fingerprint density at radius 2 is 1.79 bits per heavy atom. The summed E-state index contributed by atoms with van der Waals surface area (Å²) in [6.07, 6.45) is 3.32. The second-order valence-corrected chi connectivity index (χ2v) is 6.98. The second kappa shape index (κ2) is 6.79. The van der Waals surface area contributed by atoms with Gasteiger partial charge in [-0.3, -0.25) is 4.79 Å². The van der Waals surface area contributed by atoms with E-state index >= 15 is 0 Å². The summed E-state index contributed by atoms with van der Waals surface area (Å²) < 4.78 is 16.3. The fourth-order valence-corrected chi connectivity index (χ4v) is 3.49. The number of fused-ring (bicyclic) bond motifs is 3. The van der Waals surface area contributed by atoms with Gasteiger partial charge in [0, 0.05) is 16.8 Å². The molecule has 0 atom stereocenters. The summed E-state index contributed by atoms with van der Waals surface area (Å²) >= 11 is 6.21. The van der Waals surface area contributed by atoms with Crippen molar-refractivity contribution in [2.24, 2.45) is 0 Å². The first-order chi connectivity index (χ1) is 14.1. The minimum Gasteiger partial charge on any atom is -0.309 e. The van der Waals surface area contributed by atoms with Gasteiger partial charge in [0.2, 0.25) is 0 Å². The number of hydrogen-bond acceptors (Lipinski definition) is 4. The van der Waals surface area contributed by atoms with Crippen LogP contribution in [0.25, 0.3) is 27.8 Å². The molecule has 6 nitrogen and oxygen atoms in total. The molecule has 5 rings (SSSR count). The maximum absolute atomic E-state index is 13.2. The van der Waals surface area contributed by atoms with Crippen LogP contribution in [0.1, 0.15) is 5.56 Å². The van der Waals surface area contributed by atoms with Crippen LogP contribution < -0.4 is 5.56 Å². The number of benzene rings is 2. The summed E-state index contributed by atoms with van der Waals surface area (Å²) in [5.41, 5.74) is 3.27. The van der Waals surface area contributed by atoms with Crippen LogP contribution in [0.5, 0.6) is 0 Å². The number of rotatable bonds is 3. The zero-order valence-electron chi connectivity index (χ0n) is 15.0. The Balaban J connectivity index is 1.64. The minimum absolute atomic E-state index is 0.209. The molecule has 0 saturated carbocycles. The summed E-state index contributed by atoms with van der Waals surface area (Å²) in [7, 11) is 0. The van der Waals surface area contributed by atoms with Crippen molar-refractivity contribution in [2.75, 3.05) is 0 Å². The Morgan fingerprint density at radius 3 is 2.59 bits per heavy atom. The summed E-state index contributed by atoms with van der Waals surface area (Å²) in [6.45, 7) is 0.327. The van der Waals surface area contributed by atoms with Gasteiger partial charge in [0.25, 0.3) is 5.56 Å². The molecule has 8 heteroatoms. The lowest BCUT2D eigenvalue weighted by atomic mass is 10.1. The van der Waals surface area contributed by atoms with Crippen molar-refractivity contribution in [2.45, 2.75) is 6.54 Å². The third-order valence-corrected chi connectivity index (χ3v) is 5.16. The highest BCUT2D eigenvalue weighted by molar-refractivity contribution is 6.31. The zero-order chi connectivity index (χ0) is 20.0. The molecule has 0 amide bonds. The summed E-state index contributed by atoms with van der Waals surface area (Å²) in [6, 6.07) is 15.2. The second-order valence-electron chi connectivity index (χ2n) is 6.57. The van der Waals surface area contributed by atoms with E-state index in [1.54, 1.807) is 41.2 Å². The fourth-order valence-electron chi connectivity index (χ4n) is 3.30. The van der Waals surface area contributed by atoms with Crippen molar-refractivity contribution >= 4 is 28.3 Å². The third-order valence-electron chi connectivity index (χ3n) is 4.79. The van der Waals surface area contributed by atoms with Crippen molar-refractivity contribution in [1.82, 2.24) is 24.4 Å². The van der Waals surface area contributed by atoms with Crippen molar-refractivity contribution in [3.8, 4) is 11.1 Å². The quantitative estimate of drug-likeness (QED) is 0.456. The molecule has 29 heavy (non-hydrogen) atoms. The van der Waals surface area contributed by atoms with Gasteiger partial charge in [0.1, 0.15) is 11.3 Å². The van der Waals surface area contributed by atoms with Crippen LogP contribution in [0.2, 0.25) is 5.02 Å². The average Bonchev–Trinajstić information content (AvgIpc) is 3.16. The number of pyridine rings is 1. The normalized spacial score (nSPS) is 11.4. The average molecular weight is 406 g/mol. The maximum Gasteiger partial charge on any atom is 0.280 e. The number of nitrogens with zero attached hydrogens (tertiary/aromatic N) is 5. The largest absolute Gasteiger partial charge is 0.309 e. The molecule has 0 saturated heterocycles. The molecule has 0 spiro atoms. The Kier molecular flexibility index (Phi) is 4.10. The predicted molar refractivity (Wildman–Crippen MR) is 108 cm³/mol. The van der Waals surface area contributed by atoms with Crippen molar-refractivity contribution < 1.29 is 4.39 Å². The van der Waals surface area contributed by atoms with Gasteiger partial charge in [-0.05, 0) is 35.4 Å². The SMILES string of the molecule is O=c1c2nnc3c(-c4ccc(F)cc4)cnn3c2ccn1Cc1ccccc1Cl. The van der Waals surface area contributed by atoms with Crippen LogP contribution in [0.4, 0.5) is 4.39 Å². The van der Waals surface area contributed by atoms with Gasteiger partial charge in [-0.25, -0.2) is 8.91 Å². The summed E-state index contributed by atoms with van der Waals surface area (Å²) in [4.78, 5) is 12.9. The number of halogens is 2. The maximum atomic E-state index is 13.2. The van der Waals surface area contributed by atoms with Crippen molar-refractivity contribution in [3.63, 3.8) is 0 Å². The van der Waals surface area contributed by atoms with E-state index in [-0.39, 0.29) is 16.9 Å². The van der Waals surface area contributed by atoms with Gasteiger partial charge in [0.05, 0.1) is 12.7 Å². The molecule has 3 aromatic heterocycles. The topological polar surface area (TPSA) is 65.1 Å². The molecule has 142 valence electrons. The van der Waals surface area contributed by atoms with Crippen LogP contribution >= 0.6 is 11.6 Å². The smallest absolute Gasteiger partial charge is 0.280 e. The molecule has 0 aliphatic heterocycles. The molecule has 5 aromatic rings. The van der Waals surface area contributed by atoms with E-state index < -0.39 is 0 Å².